The first-order valence-electron chi connectivity index (χ1n) is 13.5. The highest BCUT2D eigenvalue weighted by molar-refractivity contribution is 7.47. The molecule has 7 rings (SSSR count). The number of phosphoric ester groups is 2. The van der Waals surface area contributed by atoms with Crippen LogP contribution in [0.4, 0.5) is 5.82 Å². The van der Waals surface area contributed by atoms with E-state index < -0.39 is 83.1 Å². The van der Waals surface area contributed by atoms with Crippen molar-refractivity contribution in [1.82, 2.24) is 39.0 Å². The summed E-state index contributed by atoms with van der Waals surface area (Å²) < 4.78 is 56.0. The predicted molar refractivity (Wildman–Crippen MR) is 147 cm³/mol. The number of aryl methyl sites for hydroxylation is 1. The molecule has 4 unspecified atom stereocenters. The van der Waals surface area contributed by atoms with Gasteiger partial charge in [-0.25, -0.2) is 34.0 Å². The quantitative estimate of drug-likeness (QED) is 0.140. The Bertz CT molecular complexity index is 1930. The van der Waals surface area contributed by atoms with Crippen LogP contribution in [-0.4, -0.2) is 103 Å². The number of imidazole rings is 2. The number of nitrogens with one attached hydrogen (secondary N) is 1. The second kappa shape index (κ2) is 11.0. The van der Waals surface area contributed by atoms with Crippen molar-refractivity contribution >= 4 is 43.8 Å². The highest BCUT2D eigenvalue weighted by Crippen LogP contribution is 2.55. The van der Waals surface area contributed by atoms with Gasteiger partial charge in [-0.2, -0.15) is 0 Å². The summed E-state index contributed by atoms with van der Waals surface area (Å²) in [6.45, 7) is 0.180. The van der Waals surface area contributed by atoms with Crippen molar-refractivity contribution in [2.45, 2.75) is 56.1 Å². The van der Waals surface area contributed by atoms with E-state index >= 15 is 0 Å². The lowest BCUT2D eigenvalue weighted by Crippen LogP contribution is -2.37. The summed E-state index contributed by atoms with van der Waals surface area (Å²) in [6, 6.07) is -0.841. The third-order valence-electron chi connectivity index (χ3n) is 7.98. The number of nitrogens with zero attached hydrogens (tertiary/aromatic N) is 7. The second-order valence-electron chi connectivity index (χ2n) is 10.8. The Balaban J connectivity index is 1.17. The second-order valence-corrected chi connectivity index (χ2v) is 13.6. The van der Waals surface area contributed by atoms with E-state index in [0.29, 0.717) is 0 Å². The SMILES string of the molecule is Cc1nc2c(ncn2[C@@H]2O[C@@H]3COP(=O)(O)O[C@@H]4C(O)[C@H](n5cnc6c(N)ncnc65)C[C@@H]4COP(=O)(O)O[C@@H]3C2O)c(=O)[nH]1. The number of nitrogen functional groups attached to an aromatic ring is 1. The molecule has 242 valence electrons. The van der Waals surface area contributed by atoms with Gasteiger partial charge >= 0.3 is 15.6 Å². The van der Waals surface area contributed by atoms with Gasteiger partial charge in [-0.05, 0) is 13.3 Å². The molecule has 3 aliphatic rings. The van der Waals surface area contributed by atoms with E-state index in [-0.39, 0.29) is 40.4 Å². The molecule has 0 radical (unpaired) electrons. The molecule has 2 saturated heterocycles. The predicted octanol–water partition coefficient (Wildman–Crippen LogP) is -0.952. The van der Waals surface area contributed by atoms with Crippen LogP contribution in [0.1, 0.15) is 24.5 Å². The Morgan fingerprint density at radius 2 is 1.62 bits per heavy atom. The molecular weight excluding hydrogens is 644 g/mol. The van der Waals surface area contributed by atoms with Crippen LogP contribution in [0.25, 0.3) is 22.3 Å². The zero-order chi connectivity index (χ0) is 31.8. The van der Waals surface area contributed by atoms with Gasteiger partial charge in [-0.15, -0.1) is 0 Å². The highest BCUT2D eigenvalue weighted by Gasteiger charge is 2.53. The number of fused-ring (bicyclic) bond motifs is 4. The van der Waals surface area contributed by atoms with Gasteiger partial charge in [-0.1, -0.05) is 0 Å². The van der Waals surface area contributed by atoms with Crippen LogP contribution < -0.4 is 11.3 Å². The Labute approximate surface area is 251 Å². The largest absolute Gasteiger partial charge is 0.472 e. The number of hydrogen-bond donors (Lipinski definition) is 6. The molecule has 0 spiro atoms. The molecule has 4 aromatic rings. The Kier molecular flexibility index (Phi) is 7.42. The van der Waals surface area contributed by atoms with E-state index in [1.807, 2.05) is 0 Å². The molecule has 2 aliphatic heterocycles. The van der Waals surface area contributed by atoms with Gasteiger partial charge in [-0.3, -0.25) is 27.5 Å². The van der Waals surface area contributed by atoms with Gasteiger partial charge in [0, 0.05) is 5.92 Å². The average molecular weight is 671 g/mol. The zero-order valence-corrected chi connectivity index (χ0v) is 24.9. The van der Waals surface area contributed by atoms with Crippen molar-refractivity contribution in [3.63, 3.8) is 0 Å². The van der Waals surface area contributed by atoms with Gasteiger partial charge < -0.3 is 40.0 Å². The minimum absolute atomic E-state index is 0.0142. The summed E-state index contributed by atoms with van der Waals surface area (Å²) >= 11 is 0. The van der Waals surface area contributed by atoms with Gasteiger partial charge in [0.05, 0.1) is 31.9 Å². The van der Waals surface area contributed by atoms with Crippen LogP contribution in [-0.2, 0) is 32.0 Å². The summed E-state index contributed by atoms with van der Waals surface area (Å²) in [5.74, 6) is -0.595. The van der Waals surface area contributed by atoms with Crippen LogP contribution in [0.15, 0.2) is 23.8 Å². The maximum absolute atomic E-state index is 13.1. The molecule has 1 saturated carbocycles. The fraction of sp³-hybridized carbons (Fsp3) is 0.545. The molecule has 7 N–H and O–H groups in total. The van der Waals surface area contributed by atoms with E-state index in [0.717, 1.165) is 0 Å². The van der Waals surface area contributed by atoms with Crippen molar-refractivity contribution in [2.24, 2.45) is 5.92 Å². The average Bonchev–Trinajstić information content (AvgIpc) is 3.72. The van der Waals surface area contributed by atoms with Crippen LogP contribution in [0.5, 0.6) is 0 Å². The molecule has 45 heavy (non-hydrogen) atoms. The topological polar surface area (TPSA) is 294 Å². The number of aliphatic hydroxyl groups is 2. The highest BCUT2D eigenvalue weighted by atomic mass is 31.2. The van der Waals surface area contributed by atoms with E-state index in [2.05, 4.69) is 29.9 Å². The lowest BCUT2D eigenvalue weighted by Gasteiger charge is -2.28. The maximum Gasteiger partial charge on any atom is 0.472 e. The molecule has 10 atom stereocenters. The Morgan fingerprint density at radius 1 is 0.933 bits per heavy atom. The molecule has 4 aromatic heterocycles. The van der Waals surface area contributed by atoms with E-state index in [4.69, 9.17) is 28.6 Å². The maximum atomic E-state index is 13.1. The van der Waals surface area contributed by atoms with Crippen LogP contribution in [0.2, 0.25) is 0 Å². The van der Waals surface area contributed by atoms with Crippen LogP contribution in [0.3, 0.4) is 0 Å². The molecule has 21 nitrogen and oxygen atoms in total. The van der Waals surface area contributed by atoms with E-state index in [1.165, 1.54) is 35.0 Å². The molecule has 0 bridgehead atoms. The number of nitrogens with two attached hydrogens (primary N) is 1. The Hall–Kier alpha value is -3.20. The molecule has 23 heteroatoms. The van der Waals surface area contributed by atoms with Crippen molar-refractivity contribution in [1.29, 1.82) is 0 Å². The number of hydrogen-bond acceptors (Lipinski definition) is 16. The molecule has 3 fully saturated rings. The summed E-state index contributed by atoms with van der Waals surface area (Å²) in [7, 11) is -9.91. The lowest BCUT2D eigenvalue weighted by atomic mass is 10.1. The molecule has 6 heterocycles. The van der Waals surface area contributed by atoms with Crippen molar-refractivity contribution in [3.8, 4) is 0 Å². The number of aromatic nitrogens is 8. The van der Waals surface area contributed by atoms with Crippen LogP contribution >= 0.6 is 15.6 Å². The number of phosphoric acid groups is 2. The molecule has 0 amide bonds. The monoisotopic (exact) mass is 671 g/mol. The standard InChI is InChI=1S/C22H27N9O12P2/c1-8-28-20-13(21(34)29-8)27-7-31(20)22-15(33)17-11(41-22)4-40-45(37,38)42-16-9(3-39-44(35,36)43-17)2-10(14(16)32)30-6-26-12-18(23)24-5-25-19(12)30/h5-7,9-11,14-17,22,32-33H,2-4H2,1H3,(H,35,36)(H,37,38)(H2,23,24,25)(H,28,29,34)/t9-,10-,11-,14?,15?,16+,17+,22-/m1/s1. The number of rotatable bonds is 2. The number of ether oxygens (including phenoxy) is 1. The van der Waals surface area contributed by atoms with Crippen LogP contribution in [0, 0.1) is 12.8 Å². The van der Waals surface area contributed by atoms with E-state index in [9.17, 15) is 33.9 Å². The third-order valence-corrected chi connectivity index (χ3v) is 9.95. The van der Waals surface area contributed by atoms with Gasteiger partial charge in [0.25, 0.3) is 5.56 Å². The summed E-state index contributed by atoms with van der Waals surface area (Å²) in [5, 5.41) is 22.4. The van der Waals surface area contributed by atoms with Gasteiger partial charge in [0.2, 0.25) is 0 Å². The number of aliphatic hydroxyl groups excluding tert-OH is 2. The van der Waals surface area contributed by atoms with Crippen molar-refractivity contribution in [3.05, 3.63) is 35.2 Å². The summed E-state index contributed by atoms with van der Waals surface area (Å²) in [4.78, 5) is 56.6. The minimum atomic E-state index is -4.96. The smallest absolute Gasteiger partial charge is 0.388 e. The molecule has 0 aromatic carbocycles. The third kappa shape index (κ3) is 5.38. The number of aromatic amines is 1. The number of H-pyrrole nitrogens is 1. The first-order chi connectivity index (χ1) is 21.3. The van der Waals surface area contributed by atoms with E-state index in [1.54, 1.807) is 0 Å². The molecular formula is C22H27N9O12P2. The fourth-order valence-corrected chi connectivity index (χ4v) is 7.95. The zero-order valence-electron chi connectivity index (χ0n) is 23.1. The van der Waals surface area contributed by atoms with Crippen molar-refractivity contribution < 1.29 is 52.0 Å². The van der Waals surface area contributed by atoms with Gasteiger partial charge in [0.15, 0.2) is 28.9 Å². The summed E-state index contributed by atoms with van der Waals surface area (Å²) in [6.07, 6.45) is -5.27. The Morgan fingerprint density at radius 3 is 2.40 bits per heavy atom. The fourth-order valence-electron chi connectivity index (χ4n) is 5.95. The molecule has 1 aliphatic carbocycles. The summed E-state index contributed by atoms with van der Waals surface area (Å²) in [5.41, 5.74) is 5.84. The lowest BCUT2D eigenvalue weighted by molar-refractivity contribution is -0.0606. The first-order valence-corrected chi connectivity index (χ1v) is 16.5. The normalized spacial score (nSPS) is 37.7. The minimum Gasteiger partial charge on any atom is -0.388 e. The van der Waals surface area contributed by atoms with Crippen molar-refractivity contribution in [2.75, 3.05) is 18.9 Å². The van der Waals surface area contributed by atoms with Gasteiger partial charge in [0.1, 0.15) is 48.2 Å². The number of anilines is 1. The first kappa shape index (κ1) is 30.5.